The van der Waals surface area contributed by atoms with Gasteiger partial charge in [0.25, 0.3) is 10.0 Å². The van der Waals surface area contributed by atoms with Crippen molar-refractivity contribution in [2.45, 2.75) is 25.3 Å². The van der Waals surface area contributed by atoms with Crippen LogP contribution in [-0.4, -0.2) is 35.1 Å². The normalized spacial score (nSPS) is 11.8. The monoisotopic (exact) mass is 564 g/mol. The predicted molar refractivity (Wildman–Crippen MR) is 136 cm³/mol. The van der Waals surface area contributed by atoms with Crippen LogP contribution in [0.3, 0.4) is 0 Å². The number of aryl methyl sites for hydroxylation is 2. The molecule has 0 amide bonds. The lowest BCUT2D eigenvalue weighted by molar-refractivity contribution is 0.316. The van der Waals surface area contributed by atoms with Crippen LogP contribution in [0.1, 0.15) is 12.5 Å². The summed E-state index contributed by atoms with van der Waals surface area (Å²) in [6.45, 7) is 5.31. The van der Waals surface area contributed by atoms with Crippen LogP contribution in [0.25, 0.3) is 22.2 Å². The molecular weight excluding hydrogens is 539 g/mol. The molecule has 0 aliphatic heterocycles. The molecule has 4 aromatic rings. The summed E-state index contributed by atoms with van der Waals surface area (Å²) in [4.78, 5) is 0.256. The molecule has 2 aromatic heterocycles. The lowest BCUT2D eigenvalue weighted by Gasteiger charge is -2.12. The van der Waals surface area contributed by atoms with Crippen LogP contribution in [0.2, 0.25) is 0 Å². The maximum absolute atomic E-state index is 13.4. The van der Waals surface area contributed by atoms with Crippen LogP contribution in [0.4, 0.5) is 0 Å². The number of methoxy groups -OCH3 is 1. The number of halogens is 1. The Morgan fingerprint density at radius 1 is 1.06 bits per heavy atom. The Morgan fingerprint density at radius 2 is 1.81 bits per heavy atom. The predicted octanol–water partition coefficient (Wildman–Crippen LogP) is 5.50. The van der Waals surface area contributed by atoms with Crippen molar-refractivity contribution < 1.29 is 17.9 Å². The van der Waals surface area contributed by atoms with Gasteiger partial charge in [-0.2, -0.15) is 0 Å². The number of fused-ring (bicyclic) bond motifs is 1. The van der Waals surface area contributed by atoms with Crippen LogP contribution in [0.5, 0.6) is 11.5 Å². The second-order valence-corrected chi connectivity index (χ2v) is 10.3. The van der Waals surface area contributed by atoms with Crippen LogP contribution in [0, 0.1) is 6.92 Å². The molecule has 0 N–H and O–H groups in total. The van der Waals surface area contributed by atoms with E-state index in [0.717, 1.165) is 33.0 Å². The molecule has 0 spiro atoms. The molecule has 0 aliphatic carbocycles. The first-order chi connectivity index (χ1) is 15.4. The second kappa shape index (κ2) is 9.19. The summed E-state index contributed by atoms with van der Waals surface area (Å²) in [5.74, 6) is 1.30. The van der Waals surface area contributed by atoms with E-state index >= 15 is 0 Å². The Bertz CT molecular complexity index is 1350. The molecule has 168 valence electrons. The summed E-state index contributed by atoms with van der Waals surface area (Å²) < 4.78 is 42.6. The van der Waals surface area contributed by atoms with E-state index in [-0.39, 0.29) is 4.90 Å². The van der Waals surface area contributed by atoms with Gasteiger partial charge in [-0.3, -0.25) is 0 Å². The van der Waals surface area contributed by atoms with E-state index in [2.05, 4.69) is 34.1 Å². The zero-order valence-electron chi connectivity index (χ0n) is 18.2. The zero-order valence-corrected chi connectivity index (χ0v) is 21.2. The molecular formula is C24H25IN2O4S. The van der Waals surface area contributed by atoms with Gasteiger partial charge in [0.05, 0.1) is 29.8 Å². The number of alkyl halides is 1. The highest BCUT2D eigenvalue weighted by molar-refractivity contribution is 14.1. The van der Waals surface area contributed by atoms with Gasteiger partial charge in [-0.05, 0) is 44.2 Å². The molecule has 4 rings (SSSR count). The van der Waals surface area contributed by atoms with E-state index in [1.54, 1.807) is 43.6 Å². The molecule has 2 aromatic carbocycles. The molecule has 0 atom stereocenters. The molecule has 8 heteroatoms. The number of nitrogens with zero attached hydrogens (tertiary/aromatic N) is 2. The number of hydrogen-bond donors (Lipinski definition) is 0. The average molecular weight is 564 g/mol. The minimum Gasteiger partial charge on any atom is -0.493 e. The van der Waals surface area contributed by atoms with E-state index in [1.165, 1.54) is 3.97 Å². The highest BCUT2D eigenvalue weighted by Crippen LogP contribution is 2.39. The Balaban J connectivity index is 1.90. The van der Waals surface area contributed by atoms with Crippen molar-refractivity contribution in [2.24, 2.45) is 0 Å². The molecule has 0 saturated heterocycles. The van der Waals surface area contributed by atoms with Gasteiger partial charge in [-0.25, -0.2) is 12.4 Å². The van der Waals surface area contributed by atoms with Gasteiger partial charge in [0.2, 0.25) is 0 Å². The Morgan fingerprint density at radius 3 is 2.47 bits per heavy atom. The maximum Gasteiger partial charge on any atom is 0.268 e. The third-order valence-electron chi connectivity index (χ3n) is 5.41. The van der Waals surface area contributed by atoms with Crippen molar-refractivity contribution in [3.63, 3.8) is 0 Å². The van der Waals surface area contributed by atoms with E-state index in [0.29, 0.717) is 23.8 Å². The molecule has 0 bridgehead atoms. The number of benzene rings is 2. The first-order valence-electron chi connectivity index (χ1n) is 10.3. The Hall–Kier alpha value is -2.46. The SMILES string of the molecule is CCn1cc(-c2cccn2S(=O)(=O)c2ccc(C)cc2)c2cc(OC)c(OCCI)cc21. The van der Waals surface area contributed by atoms with Crippen molar-refractivity contribution in [1.29, 1.82) is 0 Å². The van der Waals surface area contributed by atoms with Crippen molar-refractivity contribution in [3.8, 4) is 22.8 Å². The van der Waals surface area contributed by atoms with Crippen molar-refractivity contribution >= 4 is 43.5 Å². The third kappa shape index (κ3) is 4.01. The van der Waals surface area contributed by atoms with Crippen molar-refractivity contribution in [2.75, 3.05) is 18.1 Å². The van der Waals surface area contributed by atoms with Gasteiger partial charge in [-0.15, -0.1) is 0 Å². The fourth-order valence-electron chi connectivity index (χ4n) is 3.79. The fourth-order valence-corrected chi connectivity index (χ4v) is 5.37. The molecule has 0 radical (unpaired) electrons. The van der Waals surface area contributed by atoms with E-state index < -0.39 is 10.0 Å². The largest absolute Gasteiger partial charge is 0.493 e. The standard InChI is InChI=1S/C24H25IN2O4S/c1-4-26-16-20(19-14-23(30-3)24(15-22(19)26)31-13-11-25)21-6-5-12-27(21)32(28,29)18-9-7-17(2)8-10-18/h5-10,12,14-16H,4,11,13H2,1-3H3. The second-order valence-electron chi connectivity index (χ2n) is 7.39. The van der Waals surface area contributed by atoms with E-state index in [4.69, 9.17) is 9.47 Å². The Kier molecular flexibility index (Phi) is 6.52. The van der Waals surface area contributed by atoms with Gasteiger partial charge in [0.1, 0.15) is 0 Å². The van der Waals surface area contributed by atoms with Crippen LogP contribution in [-0.2, 0) is 16.6 Å². The molecule has 32 heavy (non-hydrogen) atoms. The first-order valence-corrected chi connectivity index (χ1v) is 13.3. The summed E-state index contributed by atoms with van der Waals surface area (Å²) in [5.41, 5.74) is 3.40. The van der Waals surface area contributed by atoms with Crippen molar-refractivity contribution in [3.05, 3.63) is 66.5 Å². The van der Waals surface area contributed by atoms with Gasteiger partial charge >= 0.3 is 0 Å². The summed E-state index contributed by atoms with van der Waals surface area (Å²) in [6, 6.07) is 14.4. The van der Waals surface area contributed by atoms with Gasteiger partial charge in [0, 0.05) is 40.4 Å². The van der Waals surface area contributed by atoms with E-state index in [1.807, 2.05) is 31.3 Å². The summed E-state index contributed by atoms with van der Waals surface area (Å²) in [6.07, 6.45) is 3.58. The number of hydrogen-bond acceptors (Lipinski definition) is 4. The van der Waals surface area contributed by atoms with Crippen LogP contribution < -0.4 is 9.47 Å². The van der Waals surface area contributed by atoms with E-state index in [9.17, 15) is 8.42 Å². The lowest BCUT2D eigenvalue weighted by atomic mass is 10.1. The minimum absolute atomic E-state index is 0.256. The quantitative estimate of drug-likeness (QED) is 0.210. The van der Waals surface area contributed by atoms with Gasteiger partial charge in [-0.1, -0.05) is 40.3 Å². The highest BCUT2D eigenvalue weighted by atomic mass is 127. The van der Waals surface area contributed by atoms with Gasteiger partial charge < -0.3 is 14.0 Å². The highest BCUT2D eigenvalue weighted by Gasteiger charge is 2.23. The van der Waals surface area contributed by atoms with Crippen LogP contribution >= 0.6 is 22.6 Å². The maximum atomic E-state index is 13.4. The first kappa shape index (κ1) is 22.7. The minimum atomic E-state index is -3.74. The molecule has 0 aliphatic rings. The van der Waals surface area contributed by atoms with Gasteiger partial charge in [0.15, 0.2) is 11.5 Å². The average Bonchev–Trinajstić information content (AvgIpc) is 3.42. The smallest absolute Gasteiger partial charge is 0.268 e. The topological polar surface area (TPSA) is 62.5 Å². The van der Waals surface area contributed by atoms with Crippen LogP contribution in [0.15, 0.2) is 65.8 Å². The number of rotatable bonds is 8. The zero-order chi connectivity index (χ0) is 22.9. The molecule has 2 heterocycles. The summed E-state index contributed by atoms with van der Waals surface area (Å²) in [5, 5.41) is 0.907. The molecule has 6 nitrogen and oxygen atoms in total. The lowest BCUT2D eigenvalue weighted by Crippen LogP contribution is -2.13. The number of aromatic nitrogens is 2. The molecule has 0 unspecified atom stereocenters. The van der Waals surface area contributed by atoms with Crippen molar-refractivity contribution in [1.82, 2.24) is 8.54 Å². The number of ether oxygens (including phenoxy) is 2. The fraction of sp³-hybridized carbons (Fsp3) is 0.250. The summed E-state index contributed by atoms with van der Waals surface area (Å²) >= 11 is 2.27. The third-order valence-corrected chi connectivity index (χ3v) is 7.55. The molecule has 0 saturated carbocycles. The summed E-state index contributed by atoms with van der Waals surface area (Å²) in [7, 11) is -2.13. The Labute approximate surface area is 202 Å². The molecule has 0 fully saturated rings.